The van der Waals surface area contributed by atoms with Crippen molar-refractivity contribution >= 4 is 38.2 Å². The van der Waals surface area contributed by atoms with Gasteiger partial charge in [-0.2, -0.15) is 8.42 Å². The highest BCUT2D eigenvalue weighted by Gasteiger charge is 2.18. The summed E-state index contributed by atoms with van der Waals surface area (Å²) >= 11 is 0. The first-order valence-corrected chi connectivity index (χ1v) is 8.76. The lowest BCUT2D eigenvalue weighted by Gasteiger charge is -2.11. The second-order valence-corrected chi connectivity index (χ2v) is 6.79. The van der Waals surface area contributed by atoms with Crippen molar-refractivity contribution in [2.45, 2.75) is 4.90 Å². The third-order valence-electron chi connectivity index (χ3n) is 3.71. The van der Waals surface area contributed by atoms with E-state index in [1.165, 1.54) is 36.4 Å². The molecular formula is C17H12N2O6S. The molecule has 0 saturated heterocycles. The Balaban J connectivity index is 2.08. The van der Waals surface area contributed by atoms with E-state index in [2.05, 4.69) is 5.32 Å². The average molecular weight is 372 g/mol. The van der Waals surface area contributed by atoms with E-state index in [9.17, 15) is 27.9 Å². The molecule has 0 bridgehead atoms. The SMILES string of the molecule is O=C(Nc1cccc2cccc(S(=O)(=O)O)c12)c1cccc([N+](=O)[O-])c1. The van der Waals surface area contributed by atoms with E-state index in [4.69, 9.17) is 0 Å². The molecule has 0 saturated carbocycles. The van der Waals surface area contributed by atoms with Gasteiger partial charge < -0.3 is 5.32 Å². The number of non-ortho nitro benzene ring substituents is 1. The topological polar surface area (TPSA) is 127 Å². The molecular weight excluding hydrogens is 360 g/mol. The zero-order valence-corrected chi connectivity index (χ0v) is 13.9. The van der Waals surface area contributed by atoms with Crippen LogP contribution in [0.15, 0.2) is 65.6 Å². The molecule has 0 fully saturated rings. The average Bonchev–Trinajstić information content (AvgIpc) is 2.60. The van der Waals surface area contributed by atoms with Gasteiger partial charge in [-0.1, -0.05) is 30.3 Å². The van der Waals surface area contributed by atoms with E-state index in [0.29, 0.717) is 5.39 Å². The highest BCUT2D eigenvalue weighted by molar-refractivity contribution is 7.86. The van der Waals surface area contributed by atoms with Gasteiger partial charge in [0.1, 0.15) is 4.90 Å². The summed E-state index contributed by atoms with van der Waals surface area (Å²) in [5, 5.41) is 14.0. The third-order valence-corrected chi connectivity index (χ3v) is 4.61. The molecule has 26 heavy (non-hydrogen) atoms. The fraction of sp³-hybridized carbons (Fsp3) is 0. The number of hydrogen-bond donors (Lipinski definition) is 2. The third kappa shape index (κ3) is 3.39. The molecule has 9 heteroatoms. The Morgan fingerprint density at radius 2 is 1.69 bits per heavy atom. The van der Waals surface area contributed by atoms with E-state index in [1.54, 1.807) is 18.2 Å². The van der Waals surface area contributed by atoms with Crippen molar-refractivity contribution in [1.82, 2.24) is 0 Å². The maximum absolute atomic E-state index is 12.4. The van der Waals surface area contributed by atoms with Gasteiger partial charge in [0.25, 0.3) is 21.7 Å². The Hall–Kier alpha value is -3.30. The number of nitro benzene ring substituents is 1. The monoisotopic (exact) mass is 372 g/mol. The number of nitrogens with zero attached hydrogens (tertiary/aromatic N) is 1. The summed E-state index contributed by atoms with van der Waals surface area (Å²) in [6, 6.07) is 14.2. The Kier molecular flexibility index (Phi) is 4.41. The zero-order valence-electron chi connectivity index (χ0n) is 13.1. The summed E-state index contributed by atoms with van der Waals surface area (Å²) in [4.78, 5) is 22.3. The molecule has 0 radical (unpaired) electrons. The first kappa shape index (κ1) is 17.5. The van der Waals surface area contributed by atoms with Gasteiger partial charge in [-0.25, -0.2) is 0 Å². The molecule has 2 N–H and O–H groups in total. The Morgan fingerprint density at radius 1 is 1.04 bits per heavy atom. The van der Waals surface area contributed by atoms with E-state index >= 15 is 0 Å². The fourth-order valence-corrected chi connectivity index (χ4v) is 3.32. The van der Waals surface area contributed by atoms with Crippen LogP contribution in [-0.4, -0.2) is 23.8 Å². The maximum Gasteiger partial charge on any atom is 0.295 e. The van der Waals surface area contributed by atoms with Gasteiger partial charge in [0.15, 0.2) is 0 Å². The van der Waals surface area contributed by atoms with Crippen molar-refractivity contribution in [3.05, 3.63) is 76.3 Å². The van der Waals surface area contributed by atoms with Crippen molar-refractivity contribution in [1.29, 1.82) is 0 Å². The highest BCUT2D eigenvalue weighted by Crippen LogP contribution is 2.30. The number of benzene rings is 3. The first-order valence-electron chi connectivity index (χ1n) is 7.32. The predicted octanol–water partition coefficient (Wildman–Crippen LogP) is 3.25. The Bertz CT molecular complexity index is 1140. The van der Waals surface area contributed by atoms with Crippen molar-refractivity contribution in [2.75, 3.05) is 5.32 Å². The van der Waals surface area contributed by atoms with Crippen LogP contribution in [0.5, 0.6) is 0 Å². The normalized spacial score (nSPS) is 11.3. The van der Waals surface area contributed by atoms with E-state index in [-0.39, 0.29) is 27.2 Å². The van der Waals surface area contributed by atoms with Crippen LogP contribution in [0.3, 0.4) is 0 Å². The van der Waals surface area contributed by atoms with E-state index in [0.717, 1.165) is 6.07 Å². The van der Waals surface area contributed by atoms with Crippen molar-refractivity contribution < 1.29 is 22.7 Å². The van der Waals surface area contributed by atoms with Gasteiger partial charge in [-0.05, 0) is 23.6 Å². The molecule has 0 aliphatic heterocycles. The summed E-state index contributed by atoms with van der Waals surface area (Å²) in [5.41, 5.74) is -0.0398. The zero-order chi connectivity index (χ0) is 18.9. The maximum atomic E-state index is 12.4. The number of rotatable bonds is 4. The van der Waals surface area contributed by atoms with Crippen LogP contribution >= 0.6 is 0 Å². The molecule has 0 unspecified atom stereocenters. The quantitative estimate of drug-likeness (QED) is 0.411. The number of carbonyl (C=O) groups excluding carboxylic acids is 1. The van der Waals surface area contributed by atoms with Gasteiger partial charge >= 0.3 is 0 Å². The number of nitrogens with one attached hydrogen (secondary N) is 1. The van der Waals surface area contributed by atoms with E-state index < -0.39 is 20.9 Å². The van der Waals surface area contributed by atoms with Crippen LogP contribution in [0.1, 0.15) is 10.4 Å². The van der Waals surface area contributed by atoms with Crippen LogP contribution < -0.4 is 5.32 Å². The number of carbonyl (C=O) groups is 1. The summed E-state index contributed by atoms with van der Waals surface area (Å²) in [6.45, 7) is 0. The van der Waals surface area contributed by atoms with E-state index in [1.807, 2.05) is 0 Å². The van der Waals surface area contributed by atoms with Crippen LogP contribution in [0.2, 0.25) is 0 Å². The van der Waals surface area contributed by atoms with Gasteiger partial charge in [0.2, 0.25) is 0 Å². The second-order valence-electron chi connectivity index (χ2n) is 5.40. The minimum atomic E-state index is -4.51. The predicted molar refractivity (Wildman–Crippen MR) is 94.8 cm³/mol. The summed E-state index contributed by atoms with van der Waals surface area (Å²) in [7, 11) is -4.51. The molecule has 0 heterocycles. The second kappa shape index (κ2) is 6.54. The van der Waals surface area contributed by atoms with Crippen LogP contribution in [0.4, 0.5) is 11.4 Å². The number of hydrogen-bond acceptors (Lipinski definition) is 5. The summed E-state index contributed by atoms with van der Waals surface area (Å²) in [6.07, 6.45) is 0. The molecule has 0 aliphatic carbocycles. The summed E-state index contributed by atoms with van der Waals surface area (Å²) < 4.78 is 32.7. The van der Waals surface area contributed by atoms with Gasteiger partial charge in [-0.15, -0.1) is 0 Å². The van der Waals surface area contributed by atoms with Crippen LogP contribution in [-0.2, 0) is 10.1 Å². The lowest BCUT2D eigenvalue weighted by Crippen LogP contribution is -2.13. The number of amides is 1. The van der Waals surface area contributed by atoms with Gasteiger partial charge in [0, 0.05) is 23.1 Å². The molecule has 3 rings (SSSR count). The summed E-state index contributed by atoms with van der Waals surface area (Å²) in [5.74, 6) is -0.647. The van der Waals surface area contributed by atoms with Crippen molar-refractivity contribution in [3.8, 4) is 0 Å². The van der Waals surface area contributed by atoms with Crippen LogP contribution in [0, 0.1) is 10.1 Å². The molecule has 0 atom stereocenters. The molecule has 0 spiro atoms. The Morgan fingerprint density at radius 3 is 2.35 bits per heavy atom. The lowest BCUT2D eigenvalue weighted by atomic mass is 10.1. The number of nitro groups is 1. The largest absolute Gasteiger partial charge is 0.321 e. The molecule has 8 nitrogen and oxygen atoms in total. The van der Waals surface area contributed by atoms with Gasteiger partial charge in [0.05, 0.1) is 10.6 Å². The standard InChI is InChI=1S/C17H12N2O6S/c20-17(12-6-1-7-13(10-12)19(21)22)18-14-8-2-4-11-5-3-9-15(16(11)14)26(23,24)25/h1-10H,(H,18,20)(H,23,24,25). The van der Waals surface area contributed by atoms with Gasteiger partial charge in [-0.3, -0.25) is 19.5 Å². The Labute approximate surface area is 148 Å². The molecule has 132 valence electrons. The molecule has 3 aromatic carbocycles. The molecule has 0 aromatic heterocycles. The number of fused-ring (bicyclic) bond motifs is 1. The van der Waals surface area contributed by atoms with Crippen molar-refractivity contribution in [3.63, 3.8) is 0 Å². The molecule has 0 aliphatic rings. The van der Waals surface area contributed by atoms with Crippen molar-refractivity contribution in [2.24, 2.45) is 0 Å². The minimum Gasteiger partial charge on any atom is -0.321 e. The smallest absolute Gasteiger partial charge is 0.295 e. The first-order chi connectivity index (χ1) is 12.3. The lowest BCUT2D eigenvalue weighted by molar-refractivity contribution is -0.384. The minimum absolute atomic E-state index is 0.0422. The fourth-order valence-electron chi connectivity index (χ4n) is 2.58. The molecule has 3 aromatic rings. The highest BCUT2D eigenvalue weighted by atomic mass is 32.2. The van der Waals surface area contributed by atoms with Crippen LogP contribution in [0.25, 0.3) is 10.8 Å². The molecule has 1 amide bonds. The number of anilines is 1.